The molecular formula is C35H51N9O12S. The number of fused-ring (bicyclic) bond motifs is 1. The summed E-state index contributed by atoms with van der Waals surface area (Å²) in [4.78, 5) is 117. The van der Waals surface area contributed by atoms with Crippen molar-refractivity contribution in [2.24, 2.45) is 17.2 Å². The molecule has 0 saturated carbocycles. The number of nitrogens with one attached hydrogen (secondary N) is 6. The molecule has 6 amide bonds. The first-order chi connectivity index (χ1) is 27.0. The summed E-state index contributed by atoms with van der Waals surface area (Å²) in [6, 6.07) is -2.08. The molecule has 0 radical (unpaired) electrons. The van der Waals surface area contributed by atoms with Gasteiger partial charge in [-0.3, -0.25) is 38.4 Å². The minimum absolute atomic E-state index is 0.00740. The van der Waals surface area contributed by atoms with Gasteiger partial charge < -0.3 is 64.1 Å². The highest BCUT2D eigenvalue weighted by molar-refractivity contribution is 7.98. The molecule has 0 spiro atoms. The molecule has 2 rings (SSSR count). The van der Waals surface area contributed by atoms with E-state index in [1.807, 2.05) is 0 Å². The van der Waals surface area contributed by atoms with Gasteiger partial charge in [0.15, 0.2) is 0 Å². The smallest absolute Gasteiger partial charge is 0.326 e. The summed E-state index contributed by atoms with van der Waals surface area (Å²) < 4.78 is 0. The van der Waals surface area contributed by atoms with Crippen LogP contribution in [0.3, 0.4) is 0 Å². The molecule has 0 aliphatic rings. The van der Waals surface area contributed by atoms with E-state index in [-0.39, 0.29) is 31.6 Å². The Labute approximate surface area is 331 Å². The molecule has 1 heterocycles. The number of nitrogens with two attached hydrogens (primary N) is 3. The number of carbonyl (C=O) groups excluding carboxylic acids is 6. The second-order valence-corrected chi connectivity index (χ2v) is 14.1. The van der Waals surface area contributed by atoms with Crippen LogP contribution in [-0.2, 0) is 49.6 Å². The highest BCUT2D eigenvalue weighted by atomic mass is 32.2. The van der Waals surface area contributed by atoms with Crippen LogP contribution in [0.15, 0.2) is 30.5 Å². The van der Waals surface area contributed by atoms with Gasteiger partial charge in [-0.1, -0.05) is 18.2 Å². The maximum absolute atomic E-state index is 13.8. The van der Waals surface area contributed by atoms with Crippen molar-refractivity contribution in [3.8, 4) is 0 Å². The van der Waals surface area contributed by atoms with Crippen molar-refractivity contribution in [3.05, 3.63) is 36.0 Å². The molecule has 0 aliphatic carbocycles. The first kappa shape index (κ1) is 47.4. The quantitative estimate of drug-likeness (QED) is 0.0420. The number of H-pyrrole nitrogens is 1. The number of aromatic amines is 1. The van der Waals surface area contributed by atoms with Crippen molar-refractivity contribution >= 4 is 76.0 Å². The van der Waals surface area contributed by atoms with Gasteiger partial charge in [-0.25, -0.2) is 4.79 Å². The molecule has 0 unspecified atom stereocenters. The summed E-state index contributed by atoms with van der Waals surface area (Å²) in [5.74, 6) is -9.88. The zero-order valence-corrected chi connectivity index (χ0v) is 32.1. The lowest BCUT2D eigenvalue weighted by Crippen LogP contribution is -2.60. The third kappa shape index (κ3) is 16.5. The first-order valence-corrected chi connectivity index (χ1v) is 19.3. The van der Waals surface area contributed by atoms with E-state index in [0.29, 0.717) is 29.3 Å². The second kappa shape index (κ2) is 24.0. The minimum atomic E-state index is -1.82. The van der Waals surface area contributed by atoms with Gasteiger partial charge >= 0.3 is 17.9 Å². The fraction of sp³-hybridized carbons (Fsp3) is 0.514. The summed E-state index contributed by atoms with van der Waals surface area (Å²) in [7, 11) is 0. The number of aromatic nitrogens is 1. The molecule has 21 nitrogen and oxygen atoms in total. The van der Waals surface area contributed by atoms with Crippen LogP contribution in [0, 0.1) is 0 Å². The van der Waals surface area contributed by atoms with Gasteiger partial charge in [0.25, 0.3) is 0 Å². The third-order valence-corrected chi connectivity index (χ3v) is 9.23. The molecule has 57 heavy (non-hydrogen) atoms. The SMILES string of the molecule is CSCC[C@H](NC(=O)[C@H](CC(=O)O)NC(=O)[C@H](Cc1c[nH]c2ccccc12)NC(=O)[C@@H](N)CC(N)=O)C(=O)N[C@@H](CCC(=O)O)C(=O)N[C@@H](CCCCN)C(=O)O. The summed E-state index contributed by atoms with van der Waals surface area (Å²) in [6.45, 7) is 0.285. The Bertz CT molecular complexity index is 1760. The predicted molar refractivity (Wildman–Crippen MR) is 206 cm³/mol. The summed E-state index contributed by atoms with van der Waals surface area (Å²) >= 11 is 1.27. The molecule has 22 heteroatoms. The van der Waals surface area contributed by atoms with Crippen molar-refractivity contribution in [2.45, 2.75) is 94.0 Å². The van der Waals surface area contributed by atoms with Crippen LogP contribution in [0.5, 0.6) is 0 Å². The average molecular weight is 822 g/mol. The number of rotatable bonds is 27. The molecule has 0 bridgehead atoms. The fourth-order valence-corrected chi connectivity index (χ4v) is 6.05. The molecule has 1 aromatic carbocycles. The van der Waals surface area contributed by atoms with Gasteiger partial charge in [0.2, 0.25) is 35.4 Å². The van der Waals surface area contributed by atoms with E-state index in [1.165, 1.54) is 11.8 Å². The minimum Gasteiger partial charge on any atom is -0.481 e. The van der Waals surface area contributed by atoms with E-state index < -0.39 is 115 Å². The summed E-state index contributed by atoms with van der Waals surface area (Å²) in [5.41, 5.74) is 17.7. The highest BCUT2D eigenvalue weighted by Crippen LogP contribution is 2.19. The van der Waals surface area contributed by atoms with Gasteiger partial charge in [-0.15, -0.1) is 0 Å². The maximum atomic E-state index is 13.8. The Morgan fingerprint density at radius 3 is 1.84 bits per heavy atom. The molecule has 15 N–H and O–H groups in total. The van der Waals surface area contributed by atoms with Crippen LogP contribution in [0.25, 0.3) is 10.9 Å². The van der Waals surface area contributed by atoms with Crippen LogP contribution in [0.2, 0.25) is 0 Å². The summed E-state index contributed by atoms with van der Waals surface area (Å²) in [5, 5.41) is 41.1. The number of thioether (sulfide) groups is 1. The standard InChI is InChI=1S/C35H51N9O12S/c1-57-13-11-23(32(52)40-22(9-10-28(46)47)31(51)42-24(35(55)56)8-4-5-12-36)41-34(54)26(16-29(48)49)44-33(53)25(43-30(50)20(37)15-27(38)45)14-18-17-39-21-7-3-2-6-19(18)21/h2-3,6-7,17,20,22-26,39H,4-5,8-16,36-37H2,1H3,(H2,38,45)(H,40,52)(H,41,54)(H,42,51)(H,43,50)(H,44,53)(H,46,47)(H,48,49)(H,55,56)/t20-,22-,23-,24-,25-,26-/m0/s1. The van der Waals surface area contributed by atoms with Crippen LogP contribution in [-0.4, -0.2) is 128 Å². The first-order valence-electron chi connectivity index (χ1n) is 17.9. The normalized spacial score (nSPS) is 14.2. The number of carboxylic acids is 3. The summed E-state index contributed by atoms with van der Waals surface area (Å²) in [6.07, 6.45) is 1.29. The number of hydrogen-bond donors (Lipinski definition) is 12. The zero-order valence-electron chi connectivity index (χ0n) is 31.3. The molecule has 0 fully saturated rings. The molecular weight excluding hydrogens is 771 g/mol. The van der Waals surface area contributed by atoms with Gasteiger partial charge in [-0.05, 0) is 62.3 Å². The number of benzene rings is 1. The third-order valence-electron chi connectivity index (χ3n) is 8.59. The molecule has 314 valence electrons. The van der Waals surface area contributed by atoms with E-state index in [2.05, 4.69) is 31.6 Å². The Balaban J connectivity index is 2.36. The zero-order chi connectivity index (χ0) is 42.7. The lowest BCUT2D eigenvalue weighted by atomic mass is 10.0. The Morgan fingerprint density at radius 2 is 1.26 bits per heavy atom. The van der Waals surface area contributed by atoms with E-state index >= 15 is 0 Å². The number of carboxylic acid groups (broad SMARTS) is 3. The Kier molecular flexibility index (Phi) is 20.0. The maximum Gasteiger partial charge on any atom is 0.326 e. The van der Waals surface area contributed by atoms with Crippen molar-refractivity contribution in [2.75, 3.05) is 18.6 Å². The number of primary amides is 1. The number of aliphatic carboxylic acids is 3. The predicted octanol–water partition coefficient (Wildman–Crippen LogP) is -2.36. The van der Waals surface area contributed by atoms with Crippen molar-refractivity contribution in [3.63, 3.8) is 0 Å². The number of carbonyl (C=O) groups is 9. The van der Waals surface area contributed by atoms with Crippen LogP contribution >= 0.6 is 11.8 Å². The average Bonchev–Trinajstić information content (AvgIpc) is 3.55. The van der Waals surface area contributed by atoms with Crippen LogP contribution in [0.1, 0.15) is 56.9 Å². The number of para-hydroxylation sites is 1. The van der Waals surface area contributed by atoms with Crippen molar-refractivity contribution in [1.29, 1.82) is 0 Å². The van der Waals surface area contributed by atoms with E-state index in [0.717, 1.165) is 0 Å². The lowest BCUT2D eigenvalue weighted by Gasteiger charge is -2.26. The fourth-order valence-electron chi connectivity index (χ4n) is 5.58. The monoisotopic (exact) mass is 821 g/mol. The van der Waals surface area contributed by atoms with Crippen molar-refractivity contribution in [1.82, 2.24) is 31.6 Å². The molecule has 0 aliphatic heterocycles. The number of unbranched alkanes of at least 4 members (excludes halogenated alkanes) is 1. The Hall–Kier alpha value is -5.74. The van der Waals surface area contributed by atoms with Gasteiger partial charge in [0.05, 0.1) is 18.9 Å². The van der Waals surface area contributed by atoms with Crippen molar-refractivity contribution < 1.29 is 58.5 Å². The van der Waals surface area contributed by atoms with Gasteiger partial charge in [-0.2, -0.15) is 11.8 Å². The highest BCUT2D eigenvalue weighted by Gasteiger charge is 2.34. The van der Waals surface area contributed by atoms with Crippen LogP contribution < -0.4 is 43.8 Å². The van der Waals surface area contributed by atoms with Gasteiger partial charge in [0.1, 0.15) is 30.2 Å². The van der Waals surface area contributed by atoms with Crippen LogP contribution in [0.4, 0.5) is 0 Å². The molecule has 2 aromatic rings. The topological polar surface area (TPSA) is 368 Å². The van der Waals surface area contributed by atoms with E-state index in [4.69, 9.17) is 17.2 Å². The molecule has 6 atom stereocenters. The molecule has 1 aromatic heterocycles. The van der Waals surface area contributed by atoms with E-state index in [1.54, 1.807) is 36.7 Å². The van der Waals surface area contributed by atoms with E-state index in [9.17, 15) is 58.5 Å². The number of hydrogen-bond acceptors (Lipinski definition) is 12. The Morgan fingerprint density at radius 1 is 0.702 bits per heavy atom. The van der Waals surface area contributed by atoms with Gasteiger partial charge in [0, 0.05) is 29.9 Å². The number of amides is 6. The lowest BCUT2D eigenvalue weighted by molar-refractivity contribution is -0.143. The molecule has 0 saturated heterocycles. The largest absolute Gasteiger partial charge is 0.481 e. The second-order valence-electron chi connectivity index (χ2n) is 13.1.